The molecule has 0 unspecified atom stereocenters. The van der Waals surface area contributed by atoms with Gasteiger partial charge in [-0.1, -0.05) is 74.9 Å². The molecule has 184 valence electrons. The average Bonchev–Trinajstić information content (AvgIpc) is 2.90. The van der Waals surface area contributed by atoms with Crippen LogP contribution < -0.4 is 4.74 Å². The van der Waals surface area contributed by atoms with Crippen LogP contribution in [0.25, 0.3) is 22.3 Å². The lowest BCUT2D eigenvalue weighted by Gasteiger charge is -2.11. The van der Waals surface area contributed by atoms with Crippen molar-refractivity contribution >= 4 is 5.97 Å². The summed E-state index contributed by atoms with van der Waals surface area (Å²) >= 11 is 0. The van der Waals surface area contributed by atoms with E-state index in [-0.39, 0.29) is 22.4 Å². The molecule has 0 saturated carbocycles. The Morgan fingerprint density at radius 2 is 1.28 bits per heavy atom. The van der Waals surface area contributed by atoms with Gasteiger partial charge in [-0.2, -0.15) is 0 Å². The zero-order valence-corrected chi connectivity index (χ0v) is 20.3. The molecule has 2 nitrogen and oxygen atoms in total. The van der Waals surface area contributed by atoms with E-state index in [9.17, 15) is 18.0 Å². The molecule has 4 aromatic carbocycles. The lowest BCUT2D eigenvalue weighted by atomic mass is 9.97. The third kappa shape index (κ3) is 5.51. The number of esters is 1. The van der Waals surface area contributed by atoms with Gasteiger partial charge in [-0.25, -0.2) is 18.0 Å². The summed E-state index contributed by atoms with van der Waals surface area (Å²) in [6.07, 6.45) is 3.57. The van der Waals surface area contributed by atoms with E-state index in [2.05, 4.69) is 6.92 Å². The molecule has 0 amide bonds. The number of halogens is 3. The van der Waals surface area contributed by atoms with Crippen LogP contribution in [-0.4, -0.2) is 5.97 Å². The molecule has 0 heterocycles. The second-order valence-corrected chi connectivity index (χ2v) is 8.67. The molecule has 36 heavy (non-hydrogen) atoms. The second-order valence-electron chi connectivity index (χ2n) is 8.67. The quantitative estimate of drug-likeness (QED) is 0.183. The highest BCUT2D eigenvalue weighted by atomic mass is 19.2. The summed E-state index contributed by atoms with van der Waals surface area (Å²) < 4.78 is 49.5. The maximum atomic E-state index is 15.0. The Labute approximate surface area is 209 Å². The summed E-state index contributed by atoms with van der Waals surface area (Å²) in [6.45, 7) is 4.09. The third-order valence-corrected chi connectivity index (χ3v) is 6.21. The van der Waals surface area contributed by atoms with Gasteiger partial charge in [-0.05, 0) is 65.8 Å². The van der Waals surface area contributed by atoms with Crippen molar-refractivity contribution in [1.82, 2.24) is 0 Å². The standard InChI is InChI=1S/C31H27F3O2/c1-3-5-6-21-9-18-28(27(32)19-21)36-31(35)24-14-12-23(13-15-24)26-17-16-25(29(33)30(26)34)22-10-7-20(4-2)8-11-22/h7-19H,3-6H2,1-2H3. The molecule has 0 saturated heterocycles. The van der Waals surface area contributed by atoms with Gasteiger partial charge < -0.3 is 4.74 Å². The van der Waals surface area contributed by atoms with Gasteiger partial charge in [0.05, 0.1) is 5.56 Å². The Morgan fingerprint density at radius 1 is 0.722 bits per heavy atom. The summed E-state index contributed by atoms with van der Waals surface area (Å²) in [6, 6.07) is 20.9. The van der Waals surface area contributed by atoms with Crippen LogP contribution in [0.5, 0.6) is 5.75 Å². The molecule has 0 aliphatic carbocycles. The average molecular weight is 489 g/mol. The Balaban J connectivity index is 1.51. The zero-order valence-electron chi connectivity index (χ0n) is 20.3. The van der Waals surface area contributed by atoms with Crippen molar-refractivity contribution in [3.63, 3.8) is 0 Å². The summed E-state index contributed by atoms with van der Waals surface area (Å²) in [4.78, 5) is 12.5. The van der Waals surface area contributed by atoms with E-state index in [0.717, 1.165) is 36.8 Å². The number of hydrogen-bond acceptors (Lipinski definition) is 2. The molecule has 0 N–H and O–H groups in total. The first-order valence-electron chi connectivity index (χ1n) is 12.1. The minimum Gasteiger partial charge on any atom is -0.420 e. The fourth-order valence-corrected chi connectivity index (χ4v) is 4.02. The molecule has 0 bridgehead atoms. The van der Waals surface area contributed by atoms with Crippen LogP contribution >= 0.6 is 0 Å². The van der Waals surface area contributed by atoms with Crippen molar-refractivity contribution in [2.24, 2.45) is 0 Å². The number of rotatable bonds is 8. The molecule has 0 radical (unpaired) electrons. The lowest BCUT2D eigenvalue weighted by molar-refractivity contribution is 0.0728. The van der Waals surface area contributed by atoms with Crippen LogP contribution in [0.2, 0.25) is 0 Å². The molecule has 0 atom stereocenters. The smallest absolute Gasteiger partial charge is 0.343 e. The predicted octanol–water partition coefficient (Wildman–Crippen LogP) is 8.56. The molecule has 0 aromatic heterocycles. The van der Waals surface area contributed by atoms with Gasteiger partial charge in [0, 0.05) is 11.1 Å². The minimum absolute atomic E-state index is 0.0788. The number of unbranched alkanes of at least 4 members (excludes halogenated alkanes) is 1. The van der Waals surface area contributed by atoms with Crippen LogP contribution in [0.3, 0.4) is 0 Å². The van der Waals surface area contributed by atoms with Gasteiger partial charge in [-0.3, -0.25) is 0 Å². The van der Waals surface area contributed by atoms with Crippen LogP contribution in [0.4, 0.5) is 13.2 Å². The topological polar surface area (TPSA) is 26.3 Å². The molecule has 0 spiro atoms. The predicted molar refractivity (Wildman–Crippen MR) is 137 cm³/mol. The Kier molecular flexibility index (Phi) is 7.89. The van der Waals surface area contributed by atoms with E-state index in [1.54, 1.807) is 24.3 Å². The fourth-order valence-electron chi connectivity index (χ4n) is 4.02. The van der Waals surface area contributed by atoms with E-state index in [0.29, 0.717) is 11.1 Å². The summed E-state index contributed by atoms with van der Waals surface area (Å²) in [5.74, 6) is -3.39. The number of benzene rings is 4. The SMILES string of the molecule is CCCCc1ccc(OC(=O)c2ccc(-c3ccc(-c4ccc(CC)cc4)c(F)c3F)cc2)c(F)c1. The Hall–Kier alpha value is -3.86. The maximum Gasteiger partial charge on any atom is 0.343 e. The highest BCUT2D eigenvalue weighted by Gasteiger charge is 2.17. The molecule has 0 aliphatic heterocycles. The first-order valence-corrected chi connectivity index (χ1v) is 12.1. The Morgan fingerprint density at radius 3 is 1.81 bits per heavy atom. The number of carbonyl (C=O) groups is 1. The summed E-state index contributed by atoms with van der Waals surface area (Å²) in [7, 11) is 0. The number of carbonyl (C=O) groups excluding carboxylic acids is 1. The van der Waals surface area contributed by atoms with Crippen LogP contribution in [-0.2, 0) is 12.8 Å². The van der Waals surface area contributed by atoms with E-state index >= 15 is 0 Å². The lowest BCUT2D eigenvalue weighted by Crippen LogP contribution is -2.09. The largest absolute Gasteiger partial charge is 0.420 e. The van der Waals surface area contributed by atoms with Crippen molar-refractivity contribution in [2.45, 2.75) is 39.5 Å². The maximum absolute atomic E-state index is 15.0. The van der Waals surface area contributed by atoms with Gasteiger partial charge in [-0.15, -0.1) is 0 Å². The van der Waals surface area contributed by atoms with Crippen molar-refractivity contribution in [1.29, 1.82) is 0 Å². The molecular formula is C31H27F3O2. The van der Waals surface area contributed by atoms with Gasteiger partial charge in [0.1, 0.15) is 0 Å². The highest BCUT2D eigenvalue weighted by Crippen LogP contribution is 2.32. The second kappa shape index (κ2) is 11.3. The van der Waals surface area contributed by atoms with Crippen LogP contribution in [0.15, 0.2) is 78.9 Å². The molecule has 5 heteroatoms. The van der Waals surface area contributed by atoms with Gasteiger partial charge in [0.25, 0.3) is 0 Å². The summed E-state index contributed by atoms with van der Waals surface area (Å²) in [5, 5.41) is 0. The fraction of sp³-hybridized carbons (Fsp3) is 0.194. The number of aryl methyl sites for hydroxylation is 2. The molecule has 0 aliphatic rings. The van der Waals surface area contributed by atoms with Gasteiger partial charge in [0.2, 0.25) is 0 Å². The van der Waals surface area contributed by atoms with E-state index in [4.69, 9.17) is 4.74 Å². The highest BCUT2D eigenvalue weighted by molar-refractivity contribution is 5.91. The van der Waals surface area contributed by atoms with Gasteiger partial charge in [0.15, 0.2) is 23.2 Å². The Bertz CT molecular complexity index is 1360. The van der Waals surface area contributed by atoms with E-state index in [1.165, 1.54) is 42.5 Å². The van der Waals surface area contributed by atoms with Crippen molar-refractivity contribution in [3.05, 3.63) is 113 Å². The molecule has 4 aromatic rings. The van der Waals surface area contributed by atoms with Gasteiger partial charge >= 0.3 is 5.97 Å². The molecule has 4 rings (SSSR count). The van der Waals surface area contributed by atoms with Crippen molar-refractivity contribution in [3.8, 4) is 28.0 Å². The first-order chi connectivity index (χ1) is 17.4. The number of hydrogen-bond donors (Lipinski definition) is 0. The third-order valence-electron chi connectivity index (χ3n) is 6.21. The first kappa shape index (κ1) is 25.2. The van der Waals surface area contributed by atoms with Crippen LogP contribution in [0.1, 0.15) is 48.2 Å². The van der Waals surface area contributed by atoms with Crippen molar-refractivity contribution < 1.29 is 22.7 Å². The zero-order chi connectivity index (χ0) is 25.7. The molecule has 0 fully saturated rings. The summed E-state index contributed by atoms with van der Waals surface area (Å²) in [5.41, 5.74) is 3.39. The number of ether oxygens (including phenoxy) is 1. The van der Waals surface area contributed by atoms with Crippen molar-refractivity contribution in [2.75, 3.05) is 0 Å². The van der Waals surface area contributed by atoms with E-state index < -0.39 is 23.4 Å². The molecular weight excluding hydrogens is 461 g/mol. The monoisotopic (exact) mass is 488 g/mol. The minimum atomic E-state index is -0.965. The normalized spacial score (nSPS) is 10.9. The van der Waals surface area contributed by atoms with Crippen LogP contribution in [0, 0.1) is 17.5 Å². The van der Waals surface area contributed by atoms with E-state index in [1.807, 2.05) is 19.1 Å².